The van der Waals surface area contributed by atoms with Crippen LogP contribution in [-0.4, -0.2) is 28.8 Å². The van der Waals surface area contributed by atoms with Crippen LogP contribution in [0.1, 0.15) is 41.6 Å². The molecular weight excluding hydrogens is 486 g/mol. The topological polar surface area (TPSA) is 123 Å². The van der Waals surface area contributed by atoms with E-state index in [9.17, 15) is 18.0 Å². The van der Waals surface area contributed by atoms with Crippen molar-refractivity contribution in [2.24, 2.45) is 0 Å². The van der Waals surface area contributed by atoms with E-state index in [-0.39, 0.29) is 10.6 Å². The lowest BCUT2D eigenvalue weighted by molar-refractivity contribution is 0.256. The van der Waals surface area contributed by atoms with Crippen LogP contribution in [0.25, 0.3) is 5.65 Å². The first-order valence-corrected chi connectivity index (χ1v) is 13.3. The maximum absolute atomic E-state index is 12.8. The number of hydrogen-bond donors (Lipinski definition) is 2. The maximum atomic E-state index is 12.8. The highest BCUT2D eigenvalue weighted by Crippen LogP contribution is 2.19. The summed E-state index contributed by atoms with van der Waals surface area (Å²) in [6.45, 7) is 6.05. The van der Waals surface area contributed by atoms with E-state index in [0.29, 0.717) is 11.6 Å². The van der Waals surface area contributed by atoms with E-state index in [1.165, 1.54) is 22.7 Å². The summed E-state index contributed by atoms with van der Waals surface area (Å²) in [6, 6.07) is 8.62. The molecule has 0 unspecified atom stereocenters. The molecule has 0 saturated carbocycles. The molecule has 4 rings (SSSR count). The molecule has 2 amide bonds. The van der Waals surface area contributed by atoms with Crippen molar-refractivity contribution in [3.63, 3.8) is 0 Å². The van der Waals surface area contributed by atoms with E-state index >= 15 is 0 Å². The van der Waals surface area contributed by atoms with Gasteiger partial charge in [-0.05, 0) is 49.1 Å². The quantitative estimate of drug-likeness (QED) is 0.388. The Balaban J connectivity index is 1.45. The number of benzene rings is 1. The van der Waals surface area contributed by atoms with Crippen LogP contribution in [0.15, 0.2) is 63.9 Å². The van der Waals surface area contributed by atoms with Crippen molar-refractivity contribution in [2.45, 2.75) is 44.4 Å². The van der Waals surface area contributed by atoms with E-state index in [1.54, 1.807) is 29.7 Å². The van der Waals surface area contributed by atoms with E-state index in [1.807, 2.05) is 23.8 Å². The molecule has 0 spiro atoms. The molecule has 1 aromatic carbocycles. The number of nitrogens with one attached hydrogen (secondary N) is 2. The van der Waals surface area contributed by atoms with Gasteiger partial charge in [0.1, 0.15) is 11.3 Å². The number of sulfonamides is 1. The van der Waals surface area contributed by atoms with Gasteiger partial charge in [-0.3, -0.25) is 9.20 Å². The molecule has 0 bridgehead atoms. The highest BCUT2D eigenvalue weighted by Gasteiger charge is 2.18. The molecule has 35 heavy (non-hydrogen) atoms. The summed E-state index contributed by atoms with van der Waals surface area (Å²) in [4.78, 5) is 34.0. The van der Waals surface area contributed by atoms with Crippen molar-refractivity contribution >= 4 is 38.7 Å². The molecule has 11 heteroatoms. The zero-order chi connectivity index (χ0) is 25.2. The molecule has 4 aromatic rings. The van der Waals surface area contributed by atoms with E-state index in [2.05, 4.69) is 34.5 Å². The third kappa shape index (κ3) is 5.75. The van der Waals surface area contributed by atoms with Crippen molar-refractivity contribution in [1.82, 2.24) is 19.1 Å². The summed E-state index contributed by atoms with van der Waals surface area (Å²) < 4.78 is 28.0. The number of rotatable bonds is 7. The molecule has 3 aromatic heterocycles. The Morgan fingerprint density at radius 3 is 2.57 bits per heavy atom. The standard InChI is InChI=1S/C24H25N5O4S2/c1-15(2)20-14-34-22(26-20)9-6-17-10-11-29-21(12-17)25-13-19(23(29)30)27-24(31)28-35(32,33)18-7-4-16(3)5-8-18/h4-5,7-8,10-15H,6,9H2,1-3H3,(H2,27,28,31). The van der Waals surface area contributed by atoms with Gasteiger partial charge in [-0.15, -0.1) is 11.3 Å². The van der Waals surface area contributed by atoms with Crippen LogP contribution in [0.3, 0.4) is 0 Å². The molecule has 182 valence electrons. The van der Waals surface area contributed by atoms with Gasteiger partial charge in [0.25, 0.3) is 15.6 Å². The van der Waals surface area contributed by atoms with Gasteiger partial charge < -0.3 is 5.32 Å². The number of carbonyl (C=O) groups excluding carboxylic acids is 1. The number of amides is 2. The van der Waals surface area contributed by atoms with Gasteiger partial charge in [-0.25, -0.2) is 27.9 Å². The molecule has 0 aliphatic rings. The van der Waals surface area contributed by atoms with E-state index in [0.717, 1.165) is 34.7 Å². The number of aromatic nitrogens is 3. The van der Waals surface area contributed by atoms with Gasteiger partial charge in [0.2, 0.25) is 0 Å². The second-order valence-corrected chi connectivity index (χ2v) is 11.1. The fourth-order valence-electron chi connectivity index (χ4n) is 3.36. The van der Waals surface area contributed by atoms with E-state index in [4.69, 9.17) is 0 Å². The number of thiazole rings is 1. The van der Waals surface area contributed by atoms with Crippen LogP contribution >= 0.6 is 11.3 Å². The van der Waals surface area contributed by atoms with Crippen LogP contribution < -0.4 is 15.6 Å². The number of nitrogens with zero attached hydrogens (tertiary/aromatic N) is 3. The van der Waals surface area contributed by atoms with Gasteiger partial charge in [0, 0.05) is 18.0 Å². The summed E-state index contributed by atoms with van der Waals surface area (Å²) in [5, 5.41) is 5.42. The first-order valence-electron chi connectivity index (χ1n) is 11.0. The molecule has 0 atom stereocenters. The van der Waals surface area contributed by atoms with Gasteiger partial charge in [-0.1, -0.05) is 31.5 Å². The number of aryl methyl sites for hydroxylation is 3. The summed E-state index contributed by atoms with van der Waals surface area (Å²) in [5.41, 5.74) is 2.73. The molecule has 0 aliphatic heterocycles. The number of anilines is 1. The fraction of sp³-hybridized carbons (Fsp3) is 0.250. The van der Waals surface area contributed by atoms with Crippen LogP contribution in [0, 0.1) is 6.92 Å². The Morgan fingerprint density at radius 2 is 1.89 bits per heavy atom. The normalized spacial score (nSPS) is 11.7. The minimum Gasteiger partial charge on any atom is -0.301 e. The summed E-state index contributed by atoms with van der Waals surface area (Å²) in [5.74, 6) is 0.393. The molecule has 0 radical (unpaired) electrons. The van der Waals surface area contributed by atoms with Gasteiger partial charge in [-0.2, -0.15) is 0 Å². The zero-order valence-corrected chi connectivity index (χ0v) is 21.1. The Bertz CT molecular complexity index is 1540. The molecule has 0 saturated heterocycles. The monoisotopic (exact) mass is 511 g/mol. The lowest BCUT2D eigenvalue weighted by Crippen LogP contribution is -2.36. The zero-order valence-electron chi connectivity index (χ0n) is 19.5. The Hall–Kier alpha value is -3.57. The molecule has 2 N–H and O–H groups in total. The van der Waals surface area contributed by atoms with Crippen molar-refractivity contribution < 1.29 is 13.2 Å². The summed E-state index contributed by atoms with van der Waals surface area (Å²) in [7, 11) is -4.09. The van der Waals surface area contributed by atoms with Crippen molar-refractivity contribution in [1.29, 1.82) is 0 Å². The molecule has 0 fully saturated rings. The SMILES string of the molecule is Cc1ccc(S(=O)(=O)NC(=O)Nc2cnc3cc(CCc4nc(C(C)C)cs4)ccn3c2=O)cc1. The van der Waals surface area contributed by atoms with Crippen LogP contribution in [-0.2, 0) is 22.9 Å². The predicted octanol–water partition coefficient (Wildman–Crippen LogP) is 3.88. The lowest BCUT2D eigenvalue weighted by Gasteiger charge is -2.10. The molecule has 0 aliphatic carbocycles. The first-order chi connectivity index (χ1) is 16.6. The van der Waals surface area contributed by atoms with Crippen LogP contribution in [0.5, 0.6) is 0 Å². The Morgan fingerprint density at radius 1 is 1.14 bits per heavy atom. The van der Waals surface area contributed by atoms with Crippen molar-refractivity contribution in [3.8, 4) is 0 Å². The molecule has 3 heterocycles. The van der Waals surface area contributed by atoms with Crippen molar-refractivity contribution in [2.75, 3.05) is 5.32 Å². The fourth-order valence-corrected chi connectivity index (χ4v) is 5.23. The minimum absolute atomic E-state index is 0.0580. The van der Waals surface area contributed by atoms with Gasteiger partial charge in [0.05, 0.1) is 21.8 Å². The van der Waals surface area contributed by atoms with Crippen molar-refractivity contribution in [3.05, 3.63) is 86.4 Å². The number of urea groups is 1. The lowest BCUT2D eigenvalue weighted by atomic mass is 10.1. The minimum atomic E-state index is -4.09. The second kappa shape index (κ2) is 9.96. The molecule has 9 nitrogen and oxygen atoms in total. The second-order valence-electron chi connectivity index (χ2n) is 8.43. The first kappa shape index (κ1) is 24.6. The van der Waals surface area contributed by atoms with E-state index < -0.39 is 21.6 Å². The highest BCUT2D eigenvalue weighted by atomic mass is 32.2. The summed E-state index contributed by atoms with van der Waals surface area (Å²) in [6.07, 6.45) is 4.34. The number of pyridine rings is 1. The summed E-state index contributed by atoms with van der Waals surface area (Å²) >= 11 is 1.64. The van der Waals surface area contributed by atoms with Gasteiger partial charge >= 0.3 is 6.03 Å². The number of fused-ring (bicyclic) bond motifs is 1. The predicted molar refractivity (Wildman–Crippen MR) is 136 cm³/mol. The maximum Gasteiger partial charge on any atom is 0.333 e. The third-order valence-corrected chi connectivity index (χ3v) is 7.64. The molecular formula is C24H25N5O4S2. The average Bonchev–Trinajstić information content (AvgIpc) is 3.29. The third-order valence-electron chi connectivity index (χ3n) is 5.37. The average molecular weight is 512 g/mol. The number of carbonyl (C=O) groups is 1. The van der Waals surface area contributed by atoms with Crippen LogP contribution in [0.2, 0.25) is 0 Å². The van der Waals surface area contributed by atoms with Crippen LogP contribution in [0.4, 0.5) is 10.5 Å². The Kier molecular flexibility index (Phi) is 6.99. The largest absolute Gasteiger partial charge is 0.333 e. The Labute approximate surface area is 206 Å². The van der Waals surface area contributed by atoms with Gasteiger partial charge in [0.15, 0.2) is 0 Å². The highest BCUT2D eigenvalue weighted by molar-refractivity contribution is 7.90. The smallest absolute Gasteiger partial charge is 0.301 e. The number of hydrogen-bond acceptors (Lipinski definition) is 7.